The molecule has 180 valence electrons. The van der Waals surface area contributed by atoms with E-state index in [9.17, 15) is 10.2 Å². The summed E-state index contributed by atoms with van der Waals surface area (Å²) in [5.74, 6) is 0. The standard InChI is InChI=1S/C27H36O6/c1-6-7-22-24-25(33-26(30-22)19-10-8-15(2)17(4)12-19)23(21(29)14-28)31-27(32-24)20-11-9-16(3)18(5)13-20/h8-13,21-29H,6-7,14H2,1-5H3. The molecule has 0 radical (unpaired) electrons. The maximum absolute atomic E-state index is 10.7. The Morgan fingerprint density at radius 3 is 1.82 bits per heavy atom. The molecule has 6 nitrogen and oxygen atoms in total. The van der Waals surface area contributed by atoms with E-state index in [0.29, 0.717) is 0 Å². The fourth-order valence-corrected chi connectivity index (χ4v) is 4.59. The minimum absolute atomic E-state index is 0.230. The third kappa shape index (κ3) is 5.02. The van der Waals surface area contributed by atoms with Gasteiger partial charge >= 0.3 is 0 Å². The Morgan fingerprint density at radius 1 is 0.758 bits per heavy atom. The summed E-state index contributed by atoms with van der Waals surface area (Å²) in [6.07, 6.45) is -2.67. The van der Waals surface area contributed by atoms with Gasteiger partial charge in [-0.05, 0) is 56.4 Å². The molecule has 6 heteroatoms. The van der Waals surface area contributed by atoms with E-state index < -0.39 is 43.6 Å². The lowest BCUT2D eigenvalue weighted by Gasteiger charge is -2.50. The van der Waals surface area contributed by atoms with Crippen LogP contribution in [0.3, 0.4) is 0 Å². The lowest BCUT2D eigenvalue weighted by atomic mass is 9.93. The predicted molar refractivity (Wildman–Crippen MR) is 125 cm³/mol. The number of ether oxygens (including phenoxy) is 4. The molecule has 0 aliphatic carbocycles. The normalized spacial score (nSPS) is 30.6. The second-order valence-corrected chi connectivity index (χ2v) is 9.37. The van der Waals surface area contributed by atoms with Crippen molar-refractivity contribution in [1.82, 2.24) is 0 Å². The van der Waals surface area contributed by atoms with Gasteiger partial charge in [-0.25, -0.2) is 0 Å². The first-order chi connectivity index (χ1) is 15.8. The van der Waals surface area contributed by atoms with E-state index in [4.69, 9.17) is 18.9 Å². The summed E-state index contributed by atoms with van der Waals surface area (Å²) in [4.78, 5) is 0. The van der Waals surface area contributed by atoms with Crippen LogP contribution in [0.4, 0.5) is 0 Å². The Hall–Kier alpha value is -1.80. The maximum atomic E-state index is 10.7. The monoisotopic (exact) mass is 456 g/mol. The van der Waals surface area contributed by atoms with Crippen LogP contribution in [0.15, 0.2) is 36.4 Å². The Morgan fingerprint density at radius 2 is 1.30 bits per heavy atom. The highest BCUT2D eigenvalue weighted by atomic mass is 16.8. The van der Waals surface area contributed by atoms with Gasteiger partial charge in [-0.3, -0.25) is 0 Å². The Bertz CT molecular complexity index is 960. The number of aliphatic hydroxyl groups is 2. The minimum atomic E-state index is -1.10. The number of hydrogen-bond donors (Lipinski definition) is 2. The van der Waals surface area contributed by atoms with Crippen molar-refractivity contribution in [2.45, 2.75) is 90.6 Å². The van der Waals surface area contributed by atoms with Crippen molar-refractivity contribution >= 4 is 0 Å². The summed E-state index contributed by atoms with van der Waals surface area (Å²) in [5.41, 5.74) is 6.48. The average molecular weight is 457 g/mol. The Kier molecular flexibility index (Phi) is 7.53. The number of benzene rings is 2. The second-order valence-electron chi connectivity index (χ2n) is 9.37. The van der Waals surface area contributed by atoms with Crippen LogP contribution < -0.4 is 0 Å². The fourth-order valence-electron chi connectivity index (χ4n) is 4.59. The summed E-state index contributed by atoms with van der Waals surface area (Å²) >= 11 is 0. The van der Waals surface area contributed by atoms with Crippen molar-refractivity contribution in [3.8, 4) is 0 Å². The number of fused-ring (bicyclic) bond motifs is 1. The molecule has 0 saturated carbocycles. The van der Waals surface area contributed by atoms with E-state index in [2.05, 4.69) is 39.8 Å². The van der Waals surface area contributed by atoms with Crippen LogP contribution in [-0.4, -0.2) is 47.3 Å². The molecule has 33 heavy (non-hydrogen) atoms. The van der Waals surface area contributed by atoms with Crippen molar-refractivity contribution in [3.05, 3.63) is 69.8 Å². The second kappa shape index (κ2) is 10.2. The van der Waals surface area contributed by atoms with Gasteiger partial charge < -0.3 is 29.2 Å². The molecule has 2 aromatic rings. The number of aliphatic hydroxyl groups excluding tert-OH is 2. The van der Waals surface area contributed by atoms with E-state index in [1.165, 1.54) is 11.1 Å². The number of aryl methyl sites for hydroxylation is 4. The molecule has 0 aromatic heterocycles. The van der Waals surface area contributed by atoms with Gasteiger partial charge in [0.1, 0.15) is 24.4 Å². The molecule has 2 aliphatic heterocycles. The van der Waals surface area contributed by atoms with Crippen molar-refractivity contribution in [3.63, 3.8) is 0 Å². The molecule has 0 amide bonds. The Balaban J connectivity index is 1.67. The van der Waals surface area contributed by atoms with Crippen LogP contribution in [0.5, 0.6) is 0 Å². The highest BCUT2D eigenvalue weighted by molar-refractivity contribution is 5.32. The summed E-state index contributed by atoms with van der Waals surface area (Å²) < 4.78 is 25.4. The van der Waals surface area contributed by atoms with Gasteiger partial charge in [-0.2, -0.15) is 0 Å². The zero-order valence-electron chi connectivity index (χ0n) is 20.2. The molecule has 0 bridgehead atoms. The zero-order chi connectivity index (χ0) is 23.7. The topological polar surface area (TPSA) is 77.4 Å². The molecule has 2 saturated heterocycles. The van der Waals surface area contributed by atoms with E-state index in [1.807, 2.05) is 31.2 Å². The molecular weight excluding hydrogens is 420 g/mol. The molecule has 2 aliphatic rings. The van der Waals surface area contributed by atoms with Crippen LogP contribution in [0.2, 0.25) is 0 Å². The van der Waals surface area contributed by atoms with Crippen molar-refractivity contribution < 1.29 is 29.2 Å². The van der Waals surface area contributed by atoms with E-state index in [1.54, 1.807) is 0 Å². The third-order valence-corrected chi connectivity index (χ3v) is 6.90. The van der Waals surface area contributed by atoms with Crippen LogP contribution in [0, 0.1) is 27.7 Å². The predicted octanol–water partition coefficient (Wildman–Crippen LogP) is 4.34. The molecule has 4 rings (SSSR count). The van der Waals surface area contributed by atoms with E-state index in [-0.39, 0.29) is 6.10 Å². The van der Waals surface area contributed by atoms with Gasteiger partial charge in [0.05, 0.1) is 12.7 Å². The fraction of sp³-hybridized carbons (Fsp3) is 0.556. The maximum Gasteiger partial charge on any atom is 0.185 e. The van der Waals surface area contributed by atoms with Crippen molar-refractivity contribution in [2.75, 3.05) is 6.61 Å². The van der Waals surface area contributed by atoms with Crippen LogP contribution in [-0.2, 0) is 18.9 Å². The van der Waals surface area contributed by atoms with Gasteiger partial charge in [0.2, 0.25) is 0 Å². The highest BCUT2D eigenvalue weighted by Gasteiger charge is 2.51. The quantitative estimate of drug-likeness (QED) is 0.673. The smallest absolute Gasteiger partial charge is 0.185 e. The Labute approximate surface area is 196 Å². The van der Waals surface area contributed by atoms with Crippen LogP contribution in [0.1, 0.15) is 65.7 Å². The van der Waals surface area contributed by atoms with Gasteiger partial charge in [0, 0.05) is 11.1 Å². The highest BCUT2D eigenvalue weighted by Crippen LogP contribution is 2.42. The molecular formula is C27H36O6. The van der Waals surface area contributed by atoms with Gasteiger partial charge in [-0.1, -0.05) is 49.7 Å². The summed E-state index contributed by atoms with van der Waals surface area (Å²) in [5, 5.41) is 20.5. The van der Waals surface area contributed by atoms with Crippen molar-refractivity contribution in [1.29, 1.82) is 0 Å². The summed E-state index contributed by atoms with van der Waals surface area (Å²) in [6, 6.07) is 12.2. The van der Waals surface area contributed by atoms with Crippen LogP contribution >= 0.6 is 0 Å². The third-order valence-electron chi connectivity index (χ3n) is 6.90. The molecule has 2 N–H and O–H groups in total. The molecule has 2 heterocycles. The first-order valence-electron chi connectivity index (χ1n) is 11.9. The molecule has 0 spiro atoms. The lowest BCUT2D eigenvalue weighted by molar-refractivity contribution is -0.391. The van der Waals surface area contributed by atoms with Gasteiger partial charge in [-0.15, -0.1) is 0 Å². The van der Waals surface area contributed by atoms with E-state index in [0.717, 1.165) is 35.1 Å². The van der Waals surface area contributed by atoms with Crippen LogP contribution in [0.25, 0.3) is 0 Å². The molecule has 2 fully saturated rings. The average Bonchev–Trinajstić information content (AvgIpc) is 2.81. The molecule has 2 aromatic carbocycles. The first-order valence-corrected chi connectivity index (χ1v) is 11.9. The number of rotatable bonds is 6. The molecule has 7 unspecified atom stereocenters. The molecule has 7 atom stereocenters. The van der Waals surface area contributed by atoms with E-state index >= 15 is 0 Å². The van der Waals surface area contributed by atoms with Gasteiger partial charge in [0.15, 0.2) is 12.6 Å². The summed E-state index contributed by atoms with van der Waals surface area (Å²) in [6.45, 7) is 9.92. The first kappa shape index (κ1) is 24.3. The van der Waals surface area contributed by atoms with Crippen molar-refractivity contribution in [2.24, 2.45) is 0 Å². The van der Waals surface area contributed by atoms with Gasteiger partial charge in [0.25, 0.3) is 0 Å². The summed E-state index contributed by atoms with van der Waals surface area (Å²) in [7, 11) is 0. The zero-order valence-corrected chi connectivity index (χ0v) is 20.2. The SMILES string of the molecule is CCCC1OC(c2ccc(C)c(C)c2)OC2C(C(O)CO)OC(c3ccc(C)c(C)c3)OC12. The number of hydrogen-bond acceptors (Lipinski definition) is 6. The lowest BCUT2D eigenvalue weighted by Crippen LogP contribution is -2.61. The largest absolute Gasteiger partial charge is 0.394 e. The minimum Gasteiger partial charge on any atom is -0.394 e.